The number of methoxy groups -OCH3 is 1. The van der Waals surface area contributed by atoms with Crippen LogP contribution in [0.2, 0.25) is 5.02 Å². The molecule has 4 aromatic rings. The first-order valence-corrected chi connectivity index (χ1v) is 15.0. The van der Waals surface area contributed by atoms with Gasteiger partial charge in [-0.25, -0.2) is 9.18 Å². The van der Waals surface area contributed by atoms with Crippen molar-refractivity contribution in [3.05, 3.63) is 47.4 Å². The van der Waals surface area contributed by atoms with Gasteiger partial charge in [0.05, 0.1) is 17.5 Å². The van der Waals surface area contributed by atoms with Crippen LogP contribution in [-0.2, 0) is 4.74 Å². The molecule has 5 heterocycles. The Balaban J connectivity index is 1.34. The highest BCUT2D eigenvalue weighted by Gasteiger charge is 2.50. The summed E-state index contributed by atoms with van der Waals surface area (Å²) in [6.07, 6.45) is 3.36. The maximum absolute atomic E-state index is 16.8. The van der Waals surface area contributed by atoms with Crippen molar-refractivity contribution in [2.24, 2.45) is 0 Å². The number of hydrogen-bond donors (Lipinski definition) is 1. The van der Waals surface area contributed by atoms with Gasteiger partial charge in [0.1, 0.15) is 29.4 Å². The molecule has 1 amide bonds. The number of carbonyl (C=O) groups is 1. The topological polar surface area (TPSA) is 113 Å². The fourth-order valence-corrected chi connectivity index (χ4v) is 6.99. The minimum absolute atomic E-state index is 0.0178. The summed E-state index contributed by atoms with van der Waals surface area (Å²) in [5, 5.41) is 11.9. The van der Waals surface area contributed by atoms with Gasteiger partial charge >= 0.3 is 12.1 Å². The first kappa shape index (κ1) is 28.8. The van der Waals surface area contributed by atoms with E-state index in [0.717, 1.165) is 24.8 Å². The molecule has 0 radical (unpaired) electrons. The Bertz CT molecular complexity index is 1760. The molecule has 3 aliphatic heterocycles. The zero-order valence-electron chi connectivity index (χ0n) is 24.4. The van der Waals surface area contributed by atoms with Crippen LogP contribution in [0.5, 0.6) is 11.8 Å². The van der Waals surface area contributed by atoms with Crippen molar-refractivity contribution in [2.75, 3.05) is 52.1 Å². The molecule has 3 fully saturated rings. The normalized spacial score (nSPS) is 21.6. The molecule has 44 heavy (non-hydrogen) atoms. The number of likely N-dealkylation sites (N-methyl/N-ethyl adjacent to an activating group) is 1. The van der Waals surface area contributed by atoms with Crippen molar-refractivity contribution >= 4 is 45.2 Å². The summed E-state index contributed by atoms with van der Waals surface area (Å²) in [6.45, 7) is 2.26. The number of halogens is 2. The Morgan fingerprint density at radius 2 is 2.02 bits per heavy atom. The number of fused-ring (bicyclic) bond motifs is 3. The van der Waals surface area contributed by atoms with Crippen LogP contribution >= 0.6 is 11.6 Å². The number of nitrogens with zero attached hydrogens (tertiary/aromatic N) is 6. The first-order chi connectivity index (χ1) is 21.3. The smallest absolute Gasteiger partial charge is 0.407 e. The standard InChI is InChI=1S/C31H32ClFN6O5/c1-37-9-4-6-18(37)15-43-30-35-28-21(29(36-30)39-14-24-23(39)8-10-38(24)31(40)41)13-34-27(26(28)33)20-12-19(44-16-42-2)11-17-5-3-7-22(32)25(17)20/h3,5,7,11-13,18,23-24H,4,6,8-10,14-16H2,1-2H3,(H,40,41)/t18?,23-,24-/m1/s1. The molecule has 230 valence electrons. The van der Waals surface area contributed by atoms with Crippen LogP contribution in [0.15, 0.2) is 36.5 Å². The van der Waals surface area contributed by atoms with Gasteiger partial charge in [-0.1, -0.05) is 23.7 Å². The Labute approximate surface area is 258 Å². The molecule has 0 aliphatic carbocycles. The molecule has 1 unspecified atom stereocenters. The Morgan fingerprint density at radius 3 is 2.80 bits per heavy atom. The quantitative estimate of drug-likeness (QED) is 0.268. The predicted molar refractivity (Wildman–Crippen MR) is 163 cm³/mol. The van der Waals surface area contributed by atoms with E-state index in [1.807, 2.05) is 23.1 Å². The van der Waals surface area contributed by atoms with Gasteiger partial charge < -0.3 is 34.0 Å². The molecule has 3 aliphatic rings. The number of anilines is 1. The second-order valence-corrected chi connectivity index (χ2v) is 11.9. The van der Waals surface area contributed by atoms with Gasteiger partial charge in [-0.2, -0.15) is 9.97 Å². The van der Waals surface area contributed by atoms with Gasteiger partial charge in [-0.15, -0.1) is 0 Å². The molecular weight excluding hydrogens is 591 g/mol. The molecule has 13 heteroatoms. The van der Waals surface area contributed by atoms with Crippen LogP contribution in [0.1, 0.15) is 19.3 Å². The predicted octanol–water partition coefficient (Wildman–Crippen LogP) is 5.03. The number of hydrogen-bond acceptors (Lipinski definition) is 9. The zero-order chi connectivity index (χ0) is 30.5. The monoisotopic (exact) mass is 622 g/mol. The van der Waals surface area contributed by atoms with E-state index < -0.39 is 11.9 Å². The van der Waals surface area contributed by atoms with Gasteiger partial charge in [0, 0.05) is 48.4 Å². The fraction of sp³-hybridized carbons (Fsp3) is 0.419. The summed E-state index contributed by atoms with van der Waals surface area (Å²) < 4.78 is 33.7. The molecule has 1 N–H and O–H groups in total. The molecule has 2 aromatic heterocycles. The minimum Gasteiger partial charge on any atom is -0.468 e. The lowest BCUT2D eigenvalue weighted by atomic mass is 9.96. The molecule has 3 atom stereocenters. The first-order valence-electron chi connectivity index (χ1n) is 14.6. The van der Waals surface area contributed by atoms with E-state index >= 15 is 4.39 Å². The summed E-state index contributed by atoms with van der Waals surface area (Å²) >= 11 is 6.64. The fourth-order valence-electron chi connectivity index (χ4n) is 6.71. The van der Waals surface area contributed by atoms with Crippen molar-refractivity contribution in [1.29, 1.82) is 0 Å². The third-order valence-electron chi connectivity index (χ3n) is 9.03. The Morgan fingerprint density at radius 1 is 1.16 bits per heavy atom. The number of carboxylic acid groups (broad SMARTS) is 1. The number of rotatable bonds is 8. The van der Waals surface area contributed by atoms with Crippen molar-refractivity contribution in [3.63, 3.8) is 0 Å². The maximum Gasteiger partial charge on any atom is 0.407 e. The maximum atomic E-state index is 16.8. The van der Waals surface area contributed by atoms with E-state index in [2.05, 4.69) is 21.9 Å². The van der Waals surface area contributed by atoms with E-state index in [9.17, 15) is 9.90 Å². The Kier molecular flexibility index (Phi) is 7.51. The summed E-state index contributed by atoms with van der Waals surface area (Å²) in [7, 11) is 3.58. The van der Waals surface area contributed by atoms with Crippen LogP contribution in [0.4, 0.5) is 15.0 Å². The lowest BCUT2D eigenvalue weighted by Crippen LogP contribution is -2.63. The van der Waals surface area contributed by atoms with Gasteiger partial charge in [-0.05, 0) is 56.4 Å². The third-order valence-corrected chi connectivity index (χ3v) is 9.35. The van der Waals surface area contributed by atoms with Crippen molar-refractivity contribution in [3.8, 4) is 23.0 Å². The third kappa shape index (κ3) is 4.90. The summed E-state index contributed by atoms with van der Waals surface area (Å²) in [5.41, 5.74) is 0.574. The van der Waals surface area contributed by atoms with Crippen LogP contribution in [0.25, 0.3) is 32.9 Å². The average molecular weight is 623 g/mol. The van der Waals surface area contributed by atoms with Crippen molar-refractivity contribution in [1.82, 2.24) is 24.8 Å². The zero-order valence-corrected chi connectivity index (χ0v) is 25.1. The Hall–Kier alpha value is -4.00. The molecule has 2 aromatic carbocycles. The van der Waals surface area contributed by atoms with Crippen LogP contribution in [0, 0.1) is 5.82 Å². The van der Waals surface area contributed by atoms with E-state index in [1.54, 1.807) is 18.3 Å². The van der Waals surface area contributed by atoms with E-state index in [4.69, 9.17) is 30.8 Å². The van der Waals surface area contributed by atoms with Crippen LogP contribution in [0.3, 0.4) is 0 Å². The van der Waals surface area contributed by atoms with E-state index in [0.29, 0.717) is 59.0 Å². The summed E-state index contributed by atoms with van der Waals surface area (Å²) in [6, 6.07) is 9.02. The highest BCUT2D eigenvalue weighted by Crippen LogP contribution is 2.42. The molecule has 7 rings (SSSR count). The highest BCUT2D eigenvalue weighted by molar-refractivity contribution is 6.36. The number of likely N-dealkylation sites (tertiary alicyclic amines) is 2. The largest absolute Gasteiger partial charge is 0.468 e. The van der Waals surface area contributed by atoms with Gasteiger partial charge in [0.15, 0.2) is 12.6 Å². The number of pyridine rings is 1. The number of ether oxygens (including phenoxy) is 3. The number of aromatic nitrogens is 3. The SMILES string of the molecule is COCOc1cc(-c2ncc3c(N4C[C@@H]5[C@H]4CCN5C(=O)O)nc(OCC4CCCN4C)nc3c2F)c2c(Cl)cccc2c1. The lowest BCUT2D eigenvalue weighted by molar-refractivity contribution is 0.0512. The van der Waals surface area contributed by atoms with Gasteiger partial charge in [-0.3, -0.25) is 4.98 Å². The van der Waals surface area contributed by atoms with E-state index in [-0.39, 0.29) is 42.1 Å². The number of benzene rings is 2. The molecule has 0 saturated carbocycles. The second kappa shape index (κ2) is 11.5. The summed E-state index contributed by atoms with van der Waals surface area (Å²) in [5.74, 6) is 0.313. The summed E-state index contributed by atoms with van der Waals surface area (Å²) in [4.78, 5) is 31.3. The molecule has 11 nitrogen and oxygen atoms in total. The molecule has 0 bridgehead atoms. The van der Waals surface area contributed by atoms with Gasteiger partial charge in [0.2, 0.25) is 0 Å². The lowest BCUT2D eigenvalue weighted by Gasteiger charge is -2.47. The molecular formula is C31H32ClFN6O5. The number of amides is 1. The molecule has 0 spiro atoms. The van der Waals surface area contributed by atoms with Crippen LogP contribution < -0.4 is 14.4 Å². The van der Waals surface area contributed by atoms with Gasteiger partial charge in [0.25, 0.3) is 0 Å². The van der Waals surface area contributed by atoms with Crippen molar-refractivity contribution < 1.29 is 28.5 Å². The second-order valence-electron chi connectivity index (χ2n) is 11.5. The average Bonchev–Trinajstić information content (AvgIpc) is 3.57. The highest BCUT2D eigenvalue weighted by atomic mass is 35.5. The molecule has 3 saturated heterocycles. The van der Waals surface area contributed by atoms with Crippen molar-refractivity contribution in [2.45, 2.75) is 37.4 Å². The van der Waals surface area contributed by atoms with Crippen LogP contribution in [-0.4, -0.2) is 101 Å². The van der Waals surface area contributed by atoms with E-state index in [1.165, 1.54) is 12.0 Å². The minimum atomic E-state index is -0.936.